The van der Waals surface area contributed by atoms with Gasteiger partial charge in [0, 0.05) is 18.9 Å². The van der Waals surface area contributed by atoms with Gasteiger partial charge in [0.25, 0.3) is 0 Å². The summed E-state index contributed by atoms with van der Waals surface area (Å²) in [6, 6.07) is 4.04. The molecule has 1 unspecified atom stereocenters. The van der Waals surface area contributed by atoms with Crippen LogP contribution in [0.25, 0.3) is 0 Å². The van der Waals surface area contributed by atoms with Gasteiger partial charge in [-0.2, -0.15) is 0 Å². The van der Waals surface area contributed by atoms with Gasteiger partial charge in [-0.05, 0) is 31.0 Å². The molecule has 2 N–H and O–H groups in total. The molecule has 0 aliphatic heterocycles. The topological polar surface area (TPSA) is 72.0 Å². The summed E-state index contributed by atoms with van der Waals surface area (Å²) in [5.41, 5.74) is 1.13. The normalized spacial score (nSPS) is 11.8. The van der Waals surface area contributed by atoms with Crippen LogP contribution in [0.4, 0.5) is 11.6 Å². The molecule has 2 aromatic heterocycles. The number of rotatable bonds is 7. The lowest BCUT2D eigenvalue weighted by Gasteiger charge is -2.18. The van der Waals surface area contributed by atoms with Crippen LogP contribution in [0.3, 0.4) is 0 Å². The first-order chi connectivity index (χ1) is 10.3. The zero-order valence-corrected chi connectivity index (χ0v) is 12.6. The van der Waals surface area contributed by atoms with E-state index in [0.717, 1.165) is 18.5 Å². The quantitative estimate of drug-likeness (QED) is 0.816. The summed E-state index contributed by atoms with van der Waals surface area (Å²) >= 11 is 0. The molecule has 0 aromatic carbocycles. The van der Waals surface area contributed by atoms with Crippen molar-refractivity contribution >= 4 is 11.6 Å². The highest BCUT2D eigenvalue weighted by Gasteiger charge is 2.14. The Morgan fingerprint density at radius 3 is 2.57 bits per heavy atom. The first-order valence-electron chi connectivity index (χ1n) is 7.05. The van der Waals surface area contributed by atoms with Crippen LogP contribution in [0.15, 0.2) is 30.9 Å². The fraction of sp³-hybridized carbons (Fsp3) is 0.400. The van der Waals surface area contributed by atoms with Gasteiger partial charge < -0.3 is 15.4 Å². The summed E-state index contributed by atoms with van der Waals surface area (Å²) in [5, 5.41) is 6.59. The van der Waals surface area contributed by atoms with Crippen LogP contribution >= 0.6 is 0 Å². The number of hydrogen-bond donors (Lipinski definition) is 2. The van der Waals surface area contributed by atoms with Crippen LogP contribution in [0, 0.1) is 0 Å². The second-order valence-electron chi connectivity index (χ2n) is 4.68. The van der Waals surface area contributed by atoms with Gasteiger partial charge in [-0.15, -0.1) is 0 Å². The van der Waals surface area contributed by atoms with E-state index < -0.39 is 0 Å². The highest BCUT2D eigenvalue weighted by atomic mass is 16.5. The monoisotopic (exact) mass is 287 g/mol. The molecule has 0 spiro atoms. The number of hydrogen-bond acceptors (Lipinski definition) is 6. The maximum absolute atomic E-state index is 5.45. The number of nitrogens with zero attached hydrogens (tertiary/aromatic N) is 3. The lowest BCUT2D eigenvalue weighted by molar-refractivity contribution is 0.414. The predicted octanol–water partition coefficient (Wildman–Crippen LogP) is 2.88. The highest BCUT2D eigenvalue weighted by Crippen LogP contribution is 2.31. The number of pyridine rings is 1. The van der Waals surface area contributed by atoms with Crippen molar-refractivity contribution in [2.45, 2.75) is 26.3 Å². The van der Waals surface area contributed by atoms with E-state index >= 15 is 0 Å². The zero-order chi connectivity index (χ0) is 15.1. The molecule has 0 saturated heterocycles. The Labute approximate surface area is 125 Å². The Morgan fingerprint density at radius 2 is 1.90 bits per heavy atom. The van der Waals surface area contributed by atoms with Gasteiger partial charge in [0.1, 0.15) is 6.33 Å². The van der Waals surface area contributed by atoms with Crippen LogP contribution in [0.2, 0.25) is 0 Å². The first kappa shape index (κ1) is 15.0. The van der Waals surface area contributed by atoms with Crippen LogP contribution in [-0.4, -0.2) is 28.6 Å². The highest BCUT2D eigenvalue weighted by molar-refractivity contribution is 5.64. The Bertz CT molecular complexity index is 561. The van der Waals surface area contributed by atoms with Gasteiger partial charge in [-0.1, -0.05) is 6.92 Å². The van der Waals surface area contributed by atoms with Crippen molar-refractivity contribution in [1.82, 2.24) is 15.0 Å². The predicted molar refractivity (Wildman–Crippen MR) is 83.6 cm³/mol. The van der Waals surface area contributed by atoms with E-state index in [2.05, 4.69) is 39.4 Å². The van der Waals surface area contributed by atoms with E-state index in [-0.39, 0.29) is 6.04 Å². The number of methoxy groups -OCH3 is 1. The van der Waals surface area contributed by atoms with Crippen LogP contribution in [0.1, 0.15) is 31.9 Å². The summed E-state index contributed by atoms with van der Waals surface area (Å²) in [7, 11) is 1.62. The fourth-order valence-corrected chi connectivity index (χ4v) is 1.98. The molecule has 0 amide bonds. The van der Waals surface area contributed by atoms with Crippen molar-refractivity contribution in [3.8, 4) is 5.75 Å². The Morgan fingerprint density at radius 1 is 1.19 bits per heavy atom. The largest absolute Gasteiger partial charge is 0.490 e. The molecule has 1 atom stereocenters. The van der Waals surface area contributed by atoms with Crippen LogP contribution in [-0.2, 0) is 0 Å². The third-order valence-corrected chi connectivity index (χ3v) is 3.11. The molecule has 6 nitrogen and oxygen atoms in total. The maximum atomic E-state index is 5.45. The van der Waals surface area contributed by atoms with Gasteiger partial charge in [0.05, 0.1) is 13.2 Å². The summed E-state index contributed by atoms with van der Waals surface area (Å²) in [5.74, 6) is 2.01. The molecule has 0 saturated carbocycles. The molecule has 112 valence electrons. The average molecular weight is 287 g/mol. The third-order valence-electron chi connectivity index (χ3n) is 3.11. The standard InChI is InChI=1S/C15H21N5O/c1-4-7-17-14-13(21-3)15(19-10-18-14)20-11(2)12-5-8-16-9-6-12/h5-6,8-11H,4,7H2,1-3H3,(H2,17,18,19,20). The molecule has 0 bridgehead atoms. The van der Waals surface area contributed by atoms with Crippen molar-refractivity contribution in [3.63, 3.8) is 0 Å². The van der Waals surface area contributed by atoms with Gasteiger partial charge >= 0.3 is 0 Å². The second kappa shape index (κ2) is 7.42. The molecule has 0 aliphatic rings. The van der Waals surface area contributed by atoms with Gasteiger partial charge in [-0.25, -0.2) is 9.97 Å². The van der Waals surface area contributed by atoms with Crippen molar-refractivity contribution in [3.05, 3.63) is 36.4 Å². The smallest absolute Gasteiger partial charge is 0.204 e. The number of aromatic nitrogens is 3. The third kappa shape index (κ3) is 3.81. The molecular formula is C15H21N5O. The lowest BCUT2D eigenvalue weighted by atomic mass is 10.1. The van der Waals surface area contributed by atoms with Crippen LogP contribution in [0.5, 0.6) is 5.75 Å². The van der Waals surface area contributed by atoms with E-state index in [4.69, 9.17) is 4.74 Å². The van der Waals surface area contributed by atoms with Gasteiger partial charge in [0.15, 0.2) is 11.6 Å². The average Bonchev–Trinajstić information content (AvgIpc) is 2.53. The lowest BCUT2D eigenvalue weighted by Crippen LogP contribution is -2.12. The number of anilines is 2. The van der Waals surface area contributed by atoms with E-state index in [9.17, 15) is 0 Å². The Hall–Kier alpha value is -2.37. The fourth-order valence-electron chi connectivity index (χ4n) is 1.98. The molecular weight excluding hydrogens is 266 g/mol. The molecule has 0 aliphatic carbocycles. The molecule has 6 heteroatoms. The minimum absolute atomic E-state index is 0.0934. The first-order valence-corrected chi connectivity index (χ1v) is 7.05. The molecule has 21 heavy (non-hydrogen) atoms. The Kier molecular flexibility index (Phi) is 5.31. The molecule has 2 heterocycles. The summed E-state index contributed by atoms with van der Waals surface area (Å²) in [6.45, 7) is 5.01. The van der Waals surface area contributed by atoms with Crippen molar-refractivity contribution < 1.29 is 4.74 Å². The van der Waals surface area contributed by atoms with Crippen molar-refractivity contribution in [2.24, 2.45) is 0 Å². The van der Waals surface area contributed by atoms with E-state index in [1.54, 1.807) is 19.5 Å². The minimum Gasteiger partial charge on any atom is -0.490 e. The molecule has 2 rings (SSSR count). The summed E-state index contributed by atoms with van der Waals surface area (Å²) in [4.78, 5) is 12.5. The van der Waals surface area contributed by atoms with Crippen molar-refractivity contribution in [2.75, 3.05) is 24.3 Å². The summed E-state index contributed by atoms with van der Waals surface area (Å²) < 4.78 is 5.45. The minimum atomic E-state index is 0.0934. The zero-order valence-electron chi connectivity index (χ0n) is 12.6. The molecule has 0 radical (unpaired) electrons. The number of ether oxygens (including phenoxy) is 1. The SMILES string of the molecule is CCCNc1ncnc(NC(C)c2ccncc2)c1OC. The van der Waals surface area contributed by atoms with E-state index in [1.165, 1.54) is 6.33 Å². The summed E-state index contributed by atoms with van der Waals surface area (Å²) in [6.07, 6.45) is 6.10. The molecule has 0 fully saturated rings. The second-order valence-corrected chi connectivity index (χ2v) is 4.68. The van der Waals surface area contributed by atoms with E-state index in [1.807, 2.05) is 12.1 Å². The Balaban J connectivity index is 2.19. The van der Waals surface area contributed by atoms with Crippen LogP contribution < -0.4 is 15.4 Å². The van der Waals surface area contributed by atoms with Gasteiger partial charge in [-0.3, -0.25) is 4.98 Å². The van der Waals surface area contributed by atoms with Crippen molar-refractivity contribution in [1.29, 1.82) is 0 Å². The maximum Gasteiger partial charge on any atom is 0.204 e. The number of nitrogens with one attached hydrogen (secondary N) is 2. The van der Waals surface area contributed by atoms with Gasteiger partial charge in [0.2, 0.25) is 5.75 Å². The van der Waals surface area contributed by atoms with E-state index in [0.29, 0.717) is 17.4 Å². The molecule has 2 aromatic rings.